The maximum absolute atomic E-state index is 5.91. The zero-order valence-corrected chi connectivity index (χ0v) is 12.7. The van der Waals surface area contributed by atoms with E-state index in [0.717, 1.165) is 16.9 Å². The average Bonchev–Trinajstić information content (AvgIpc) is 2.41. The Hall–Kier alpha value is -1.80. The lowest BCUT2D eigenvalue weighted by Crippen LogP contribution is -2.05. The van der Waals surface area contributed by atoms with Crippen molar-refractivity contribution in [2.75, 3.05) is 0 Å². The zero-order valence-electron chi connectivity index (χ0n) is 12.7. The van der Waals surface area contributed by atoms with E-state index < -0.39 is 0 Å². The van der Waals surface area contributed by atoms with Gasteiger partial charge in [0.25, 0.3) is 0 Å². The van der Waals surface area contributed by atoms with Crippen LogP contribution in [0, 0.1) is 20.8 Å². The van der Waals surface area contributed by atoms with Crippen molar-refractivity contribution in [2.24, 2.45) is 5.73 Å². The fourth-order valence-corrected chi connectivity index (χ4v) is 2.17. The van der Waals surface area contributed by atoms with Crippen LogP contribution in [0.2, 0.25) is 0 Å². The molecule has 106 valence electrons. The second kappa shape index (κ2) is 6.10. The summed E-state index contributed by atoms with van der Waals surface area (Å²) in [5, 5.41) is 0. The predicted molar refractivity (Wildman–Crippen MR) is 84.0 cm³/mol. The SMILES string of the molecule is Cc1ccc(COc2ccc(C(C)N)cc2C)cc1C. The molecule has 0 heterocycles. The second-order valence-electron chi connectivity index (χ2n) is 5.52. The van der Waals surface area contributed by atoms with E-state index in [-0.39, 0.29) is 6.04 Å². The summed E-state index contributed by atoms with van der Waals surface area (Å²) in [4.78, 5) is 0. The lowest BCUT2D eigenvalue weighted by Gasteiger charge is -2.13. The van der Waals surface area contributed by atoms with Crippen molar-refractivity contribution in [3.05, 3.63) is 64.2 Å². The maximum atomic E-state index is 5.91. The maximum Gasteiger partial charge on any atom is 0.122 e. The molecule has 2 heteroatoms. The lowest BCUT2D eigenvalue weighted by molar-refractivity contribution is 0.304. The molecule has 1 atom stereocenters. The Kier molecular flexibility index (Phi) is 4.46. The topological polar surface area (TPSA) is 35.2 Å². The standard InChI is InChI=1S/C18H23NO/c1-12-5-6-16(9-13(12)2)11-20-18-8-7-17(15(4)19)10-14(18)3/h5-10,15H,11,19H2,1-4H3. The van der Waals surface area contributed by atoms with Crippen LogP contribution in [0.3, 0.4) is 0 Å². The highest BCUT2D eigenvalue weighted by atomic mass is 16.5. The molecule has 20 heavy (non-hydrogen) atoms. The van der Waals surface area contributed by atoms with Crippen LogP contribution in [0.25, 0.3) is 0 Å². The number of hydrogen-bond donors (Lipinski definition) is 1. The lowest BCUT2D eigenvalue weighted by atomic mass is 10.1. The minimum Gasteiger partial charge on any atom is -0.489 e. The van der Waals surface area contributed by atoms with Crippen LogP contribution >= 0.6 is 0 Å². The minimum absolute atomic E-state index is 0.0579. The molecule has 2 nitrogen and oxygen atoms in total. The van der Waals surface area contributed by atoms with Crippen molar-refractivity contribution in [1.29, 1.82) is 0 Å². The largest absolute Gasteiger partial charge is 0.489 e. The van der Waals surface area contributed by atoms with Crippen molar-refractivity contribution in [1.82, 2.24) is 0 Å². The molecule has 2 aromatic rings. The van der Waals surface area contributed by atoms with Gasteiger partial charge in [0.15, 0.2) is 0 Å². The molecule has 0 aliphatic heterocycles. The van der Waals surface area contributed by atoms with Gasteiger partial charge in [-0.3, -0.25) is 0 Å². The first-order valence-corrected chi connectivity index (χ1v) is 7.02. The minimum atomic E-state index is 0.0579. The van der Waals surface area contributed by atoms with Gasteiger partial charge in [0, 0.05) is 6.04 Å². The van der Waals surface area contributed by atoms with Crippen LogP contribution in [-0.4, -0.2) is 0 Å². The van der Waals surface area contributed by atoms with E-state index in [2.05, 4.69) is 45.0 Å². The average molecular weight is 269 g/mol. The fourth-order valence-electron chi connectivity index (χ4n) is 2.17. The van der Waals surface area contributed by atoms with Crippen LogP contribution in [0.4, 0.5) is 0 Å². The summed E-state index contributed by atoms with van der Waals surface area (Å²) >= 11 is 0. The van der Waals surface area contributed by atoms with E-state index in [1.54, 1.807) is 0 Å². The van der Waals surface area contributed by atoms with Gasteiger partial charge in [0.2, 0.25) is 0 Å². The van der Waals surface area contributed by atoms with Gasteiger partial charge in [0.05, 0.1) is 0 Å². The van der Waals surface area contributed by atoms with E-state index in [1.165, 1.54) is 16.7 Å². The highest BCUT2D eigenvalue weighted by Crippen LogP contribution is 2.23. The number of rotatable bonds is 4. The van der Waals surface area contributed by atoms with Crippen LogP contribution in [0.15, 0.2) is 36.4 Å². The highest BCUT2D eigenvalue weighted by molar-refractivity contribution is 5.37. The molecular formula is C18H23NO. The van der Waals surface area contributed by atoms with Crippen LogP contribution in [-0.2, 0) is 6.61 Å². The first kappa shape index (κ1) is 14.6. The molecule has 0 bridgehead atoms. The molecule has 2 aromatic carbocycles. The third-order valence-corrected chi connectivity index (χ3v) is 3.69. The molecule has 0 aliphatic carbocycles. The van der Waals surface area contributed by atoms with Gasteiger partial charge >= 0.3 is 0 Å². The number of hydrogen-bond acceptors (Lipinski definition) is 2. The van der Waals surface area contributed by atoms with Crippen molar-refractivity contribution in [3.63, 3.8) is 0 Å². The molecule has 0 aliphatic rings. The molecular weight excluding hydrogens is 246 g/mol. The van der Waals surface area contributed by atoms with Crippen molar-refractivity contribution >= 4 is 0 Å². The van der Waals surface area contributed by atoms with Crippen LogP contribution in [0.5, 0.6) is 5.75 Å². The molecule has 0 spiro atoms. The summed E-state index contributed by atoms with van der Waals surface area (Å²) in [6.45, 7) is 8.89. The fraction of sp³-hybridized carbons (Fsp3) is 0.333. The summed E-state index contributed by atoms with van der Waals surface area (Å²) in [7, 11) is 0. The number of aryl methyl sites for hydroxylation is 3. The Balaban J connectivity index is 2.09. The predicted octanol–water partition coefficient (Wildman–Crippen LogP) is 4.21. The van der Waals surface area contributed by atoms with Crippen LogP contribution < -0.4 is 10.5 Å². The molecule has 0 fully saturated rings. The van der Waals surface area contributed by atoms with Gasteiger partial charge in [0.1, 0.15) is 12.4 Å². The Morgan fingerprint density at radius 1 is 0.950 bits per heavy atom. The van der Waals surface area contributed by atoms with E-state index >= 15 is 0 Å². The Morgan fingerprint density at radius 3 is 2.30 bits per heavy atom. The number of benzene rings is 2. The summed E-state index contributed by atoms with van der Waals surface area (Å²) in [5.74, 6) is 0.924. The smallest absolute Gasteiger partial charge is 0.122 e. The third kappa shape index (κ3) is 3.40. The van der Waals surface area contributed by atoms with Crippen molar-refractivity contribution < 1.29 is 4.74 Å². The van der Waals surface area contributed by atoms with Crippen molar-refractivity contribution in [3.8, 4) is 5.75 Å². The second-order valence-corrected chi connectivity index (χ2v) is 5.52. The van der Waals surface area contributed by atoms with E-state index in [0.29, 0.717) is 6.61 Å². The van der Waals surface area contributed by atoms with Crippen LogP contribution in [0.1, 0.15) is 40.8 Å². The third-order valence-electron chi connectivity index (χ3n) is 3.69. The van der Waals surface area contributed by atoms with Gasteiger partial charge in [-0.1, -0.05) is 30.3 Å². The Morgan fingerprint density at radius 2 is 1.70 bits per heavy atom. The Bertz CT molecular complexity index is 602. The van der Waals surface area contributed by atoms with E-state index in [4.69, 9.17) is 10.5 Å². The summed E-state index contributed by atoms with van der Waals surface area (Å²) in [5.41, 5.74) is 12.0. The summed E-state index contributed by atoms with van der Waals surface area (Å²) < 4.78 is 5.91. The number of ether oxygens (including phenoxy) is 1. The first-order valence-electron chi connectivity index (χ1n) is 7.02. The zero-order chi connectivity index (χ0) is 14.7. The van der Waals surface area contributed by atoms with Gasteiger partial charge in [-0.15, -0.1) is 0 Å². The van der Waals surface area contributed by atoms with Gasteiger partial charge < -0.3 is 10.5 Å². The molecule has 0 amide bonds. The van der Waals surface area contributed by atoms with E-state index in [9.17, 15) is 0 Å². The quantitative estimate of drug-likeness (QED) is 0.902. The molecule has 0 aromatic heterocycles. The summed E-state index contributed by atoms with van der Waals surface area (Å²) in [6.07, 6.45) is 0. The monoisotopic (exact) mass is 269 g/mol. The molecule has 2 N–H and O–H groups in total. The first-order chi connectivity index (χ1) is 9.47. The highest BCUT2D eigenvalue weighted by Gasteiger charge is 2.05. The molecule has 2 rings (SSSR count). The van der Waals surface area contributed by atoms with Gasteiger partial charge in [-0.25, -0.2) is 0 Å². The van der Waals surface area contributed by atoms with Gasteiger partial charge in [-0.05, 0) is 61.6 Å². The molecule has 0 radical (unpaired) electrons. The summed E-state index contributed by atoms with van der Waals surface area (Å²) in [6, 6.07) is 12.6. The van der Waals surface area contributed by atoms with Crippen molar-refractivity contribution in [2.45, 2.75) is 40.3 Å². The van der Waals surface area contributed by atoms with E-state index in [1.807, 2.05) is 19.1 Å². The normalized spacial score (nSPS) is 12.2. The number of nitrogens with two attached hydrogens (primary N) is 1. The van der Waals surface area contributed by atoms with Gasteiger partial charge in [-0.2, -0.15) is 0 Å². The Labute approximate surface area is 121 Å². The molecule has 0 saturated heterocycles. The molecule has 1 unspecified atom stereocenters. The molecule has 0 saturated carbocycles.